The Labute approximate surface area is 203 Å². The highest BCUT2D eigenvalue weighted by Crippen LogP contribution is 2.35. The van der Waals surface area contributed by atoms with Gasteiger partial charge in [-0.1, -0.05) is 18.2 Å². The largest absolute Gasteiger partial charge is 0.486 e. The predicted molar refractivity (Wildman–Crippen MR) is 128 cm³/mol. The molecule has 6 rings (SSSR count). The summed E-state index contributed by atoms with van der Waals surface area (Å²) in [6, 6.07) is 11.7. The van der Waals surface area contributed by atoms with Crippen molar-refractivity contribution in [3.63, 3.8) is 0 Å². The molecule has 3 N–H and O–H groups in total. The second kappa shape index (κ2) is 8.47. The average Bonchev–Trinajstić information content (AvgIpc) is 3.42. The zero-order chi connectivity index (χ0) is 24.1. The van der Waals surface area contributed by atoms with Gasteiger partial charge >= 0.3 is 6.03 Å². The SMILES string of the molecule is Cc1ccc(C2CC3C4NN(CC(=O)Nc5ccc6c(c5)OCCO6)C(=O)N4C=CN3N2)cc1C. The van der Waals surface area contributed by atoms with E-state index in [4.69, 9.17) is 9.47 Å². The molecular formula is C25H28N6O4. The van der Waals surface area contributed by atoms with Crippen molar-refractivity contribution in [2.75, 3.05) is 25.1 Å². The third-order valence-corrected chi connectivity index (χ3v) is 6.99. The molecule has 35 heavy (non-hydrogen) atoms. The van der Waals surface area contributed by atoms with E-state index in [-0.39, 0.29) is 36.7 Å². The molecule has 4 aliphatic heterocycles. The first-order chi connectivity index (χ1) is 17.0. The highest BCUT2D eigenvalue weighted by molar-refractivity contribution is 5.95. The number of fused-ring (bicyclic) bond motifs is 4. The van der Waals surface area contributed by atoms with Gasteiger partial charge in [-0.05, 0) is 49.1 Å². The van der Waals surface area contributed by atoms with E-state index in [1.807, 2.05) is 6.20 Å². The number of hydrogen-bond donors (Lipinski definition) is 3. The fourth-order valence-corrected chi connectivity index (χ4v) is 5.00. The van der Waals surface area contributed by atoms with Crippen LogP contribution in [0.1, 0.15) is 29.2 Å². The van der Waals surface area contributed by atoms with Crippen molar-refractivity contribution >= 4 is 17.6 Å². The molecular weight excluding hydrogens is 448 g/mol. The lowest BCUT2D eigenvalue weighted by atomic mass is 9.97. The lowest BCUT2D eigenvalue weighted by Gasteiger charge is -2.34. The van der Waals surface area contributed by atoms with Gasteiger partial charge in [0, 0.05) is 24.2 Å². The van der Waals surface area contributed by atoms with Gasteiger partial charge in [-0.2, -0.15) is 0 Å². The summed E-state index contributed by atoms with van der Waals surface area (Å²) in [5.41, 5.74) is 11.1. The van der Waals surface area contributed by atoms with Gasteiger partial charge in [-0.25, -0.2) is 20.7 Å². The Kier molecular flexibility index (Phi) is 5.27. The molecule has 0 aliphatic carbocycles. The van der Waals surface area contributed by atoms with Crippen molar-refractivity contribution in [3.05, 3.63) is 65.5 Å². The minimum Gasteiger partial charge on any atom is -0.486 e. The van der Waals surface area contributed by atoms with Crippen LogP contribution < -0.4 is 25.6 Å². The minimum atomic E-state index is -0.305. The number of urea groups is 1. The number of nitrogens with one attached hydrogen (secondary N) is 3. The molecule has 2 aromatic carbocycles. The van der Waals surface area contributed by atoms with Crippen LogP contribution in [0.3, 0.4) is 0 Å². The first kappa shape index (κ1) is 21.8. The quantitative estimate of drug-likeness (QED) is 0.623. The average molecular weight is 477 g/mol. The third kappa shape index (κ3) is 3.94. The summed E-state index contributed by atoms with van der Waals surface area (Å²) in [6.45, 7) is 5.09. The van der Waals surface area contributed by atoms with Crippen LogP contribution in [0.15, 0.2) is 48.8 Å². The summed E-state index contributed by atoms with van der Waals surface area (Å²) in [5.74, 6) is 0.947. The lowest BCUT2D eigenvalue weighted by Crippen LogP contribution is -2.54. The van der Waals surface area contributed by atoms with Crippen LogP contribution in [0.2, 0.25) is 0 Å². The van der Waals surface area contributed by atoms with Crippen LogP contribution >= 0.6 is 0 Å². The van der Waals surface area contributed by atoms with Crippen molar-refractivity contribution in [1.29, 1.82) is 0 Å². The summed E-state index contributed by atoms with van der Waals surface area (Å²) in [4.78, 5) is 27.4. The third-order valence-electron chi connectivity index (χ3n) is 6.99. The van der Waals surface area contributed by atoms with Gasteiger partial charge in [0.1, 0.15) is 25.9 Å². The molecule has 10 heteroatoms. The van der Waals surface area contributed by atoms with E-state index < -0.39 is 0 Å². The standard InChI is InChI=1S/C25H28N6O4/c1-15-3-4-17(11-16(15)2)19-13-20-24-28-31(25(33)29(24)7-8-30(20)27-19)14-23(32)26-18-5-6-21-22(12-18)35-10-9-34-21/h3-8,11-12,19-20,24,27-28H,9-10,13-14H2,1-2H3,(H,26,32). The molecule has 3 atom stereocenters. The number of benzene rings is 2. The molecule has 0 bridgehead atoms. The first-order valence-corrected chi connectivity index (χ1v) is 11.8. The highest BCUT2D eigenvalue weighted by Gasteiger charge is 2.48. The smallest absolute Gasteiger partial charge is 0.340 e. The first-order valence-electron chi connectivity index (χ1n) is 11.8. The fourth-order valence-electron chi connectivity index (χ4n) is 5.00. The Morgan fingerprint density at radius 2 is 1.86 bits per heavy atom. The zero-order valence-electron chi connectivity index (χ0n) is 19.7. The number of anilines is 1. The molecule has 2 saturated heterocycles. The number of hydrogen-bond acceptors (Lipinski definition) is 7. The molecule has 182 valence electrons. The predicted octanol–water partition coefficient (Wildman–Crippen LogP) is 2.39. The molecule has 0 radical (unpaired) electrons. The maximum Gasteiger partial charge on any atom is 0.340 e. The van der Waals surface area contributed by atoms with Gasteiger partial charge in [0.05, 0.1) is 12.1 Å². The van der Waals surface area contributed by atoms with Gasteiger partial charge in [0.25, 0.3) is 0 Å². The van der Waals surface area contributed by atoms with Crippen molar-refractivity contribution in [2.45, 2.75) is 38.5 Å². The molecule has 0 spiro atoms. The molecule has 3 amide bonds. The molecule has 3 unspecified atom stereocenters. The maximum absolute atomic E-state index is 13.0. The number of nitrogens with zero attached hydrogens (tertiary/aromatic N) is 3. The molecule has 0 saturated carbocycles. The summed E-state index contributed by atoms with van der Waals surface area (Å²) >= 11 is 0. The van der Waals surface area contributed by atoms with E-state index in [0.717, 1.165) is 6.42 Å². The molecule has 10 nitrogen and oxygen atoms in total. The van der Waals surface area contributed by atoms with Crippen molar-refractivity contribution in [1.82, 2.24) is 25.8 Å². The number of hydrazine groups is 2. The lowest BCUT2D eigenvalue weighted by molar-refractivity contribution is -0.117. The van der Waals surface area contributed by atoms with E-state index in [1.54, 1.807) is 29.3 Å². The van der Waals surface area contributed by atoms with Gasteiger partial charge < -0.3 is 19.8 Å². The van der Waals surface area contributed by atoms with Crippen LogP contribution in [0.25, 0.3) is 0 Å². The topological polar surface area (TPSA) is 98.4 Å². The maximum atomic E-state index is 13.0. The van der Waals surface area contributed by atoms with Gasteiger partial charge in [-0.15, -0.1) is 0 Å². The van der Waals surface area contributed by atoms with E-state index in [1.165, 1.54) is 21.7 Å². The summed E-state index contributed by atoms with van der Waals surface area (Å²) in [5, 5.41) is 6.26. The van der Waals surface area contributed by atoms with E-state index in [2.05, 4.69) is 53.2 Å². The van der Waals surface area contributed by atoms with Gasteiger partial charge in [0.15, 0.2) is 11.5 Å². The Balaban J connectivity index is 1.11. The van der Waals surface area contributed by atoms with E-state index >= 15 is 0 Å². The van der Waals surface area contributed by atoms with E-state index in [9.17, 15) is 9.59 Å². The molecule has 2 fully saturated rings. The number of carbonyl (C=O) groups is 2. The molecule has 4 heterocycles. The van der Waals surface area contributed by atoms with Crippen LogP contribution in [0.4, 0.5) is 10.5 Å². The van der Waals surface area contributed by atoms with Crippen LogP contribution in [-0.2, 0) is 4.79 Å². The Hall–Kier alpha value is -3.76. The zero-order valence-corrected chi connectivity index (χ0v) is 19.7. The Morgan fingerprint density at radius 3 is 2.69 bits per heavy atom. The molecule has 4 aliphatic rings. The Morgan fingerprint density at radius 1 is 1.03 bits per heavy atom. The van der Waals surface area contributed by atoms with Gasteiger partial charge in [-0.3, -0.25) is 9.69 Å². The van der Waals surface area contributed by atoms with Crippen LogP contribution in [0.5, 0.6) is 11.5 Å². The van der Waals surface area contributed by atoms with E-state index in [0.29, 0.717) is 30.4 Å². The Bertz CT molecular complexity index is 1220. The number of rotatable bonds is 4. The number of carbonyl (C=O) groups excluding carboxylic acids is 2. The van der Waals surface area contributed by atoms with Crippen molar-refractivity contribution < 1.29 is 19.1 Å². The number of amides is 3. The fraction of sp³-hybridized carbons (Fsp3) is 0.360. The number of ether oxygens (including phenoxy) is 2. The summed E-state index contributed by atoms with van der Waals surface area (Å²) < 4.78 is 11.1. The van der Waals surface area contributed by atoms with Gasteiger partial charge in [0.2, 0.25) is 5.91 Å². The van der Waals surface area contributed by atoms with Crippen LogP contribution in [0, 0.1) is 13.8 Å². The second-order valence-electron chi connectivity index (χ2n) is 9.29. The van der Waals surface area contributed by atoms with Crippen LogP contribution in [-0.4, -0.2) is 58.8 Å². The van der Waals surface area contributed by atoms with Crippen molar-refractivity contribution in [3.8, 4) is 11.5 Å². The second-order valence-corrected chi connectivity index (χ2v) is 9.29. The normalized spacial score (nSPS) is 24.5. The summed E-state index contributed by atoms with van der Waals surface area (Å²) in [7, 11) is 0. The number of aryl methyl sites for hydroxylation is 2. The highest BCUT2D eigenvalue weighted by atomic mass is 16.6. The van der Waals surface area contributed by atoms with Crippen molar-refractivity contribution in [2.24, 2.45) is 0 Å². The minimum absolute atomic E-state index is 0.0291. The molecule has 0 aromatic heterocycles. The summed E-state index contributed by atoms with van der Waals surface area (Å²) in [6.07, 6.45) is 4.20. The molecule has 2 aromatic rings. The monoisotopic (exact) mass is 476 g/mol.